The zero-order chi connectivity index (χ0) is 14.7. The molecule has 0 bridgehead atoms. The van der Waals surface area contributed by atoms with Gasteiger partial charge in [-0.05, 0) is 24.3 Å². The minimum atomic E-state index is -0.373. The first-order chi connectivity index (χ1) is 10.2. The lowest BCUT2D eigenvalue weighted by atomic mass is 10.2. The molecule has 0 aliphatic carbocycles. The number of aromatic amines is 1. The summed E-state index contributed by atoms with van der Waals surface area (Å²) in [5.41, 5.74) is 4.69. The molecule has 21 heavy (non-hydrogen) atoms. The van der Waals surface area contributed by atoms with Crippen molar-refractivity contribution < 1.29 is 9.90 Å². The number of nitrogens with one attached hydrogen (secondary N) is 2. The van der Waals surface area contributed by atoms with Crippen LogP contribution in [0.2, 0.25) is 0 Å². The van der Waals surface area contributed by atoms with Crippen molar-refractivity contribution in [3.63, 3.8) is 0 Å². The largest absolute Gasteiger partial charge is 0.508 e. The number of hydrogen-bond acceptors (Lipinski definition) is 3. The highest BCUT2D eigenvalue weighted by Crippen LogP contribution is 2.15. The number of para-hydroxylation sites is 1. The van der Waals surface area contributed by atoms with Gasteiger partial charge in [-0.2, -0.15) is 5.10 Å². The molecule has 1 heterocycles. The Morgan fingerprint density at radius 3 is 2.90 bits per heavy atom. The lowest BCUT2D eigenvalue weighted by molar-refractivity contribution is 0.0954. The predicted molar refractivity (Wildman–Crippen MR) is 81.5 cm³/mol. The Kier molecular flexibility index (Phi) is 3.39. The number of benzene rings is 2. The number of hydrogen-bond donors (Lipinski definition) is 3. The number of amides is 1. The third-order valence-corrected chi connectivity index (χ3v) is 3.10. The average molecular weight is 279 g/mol. The summed E-state index contributed by atoms with van der Waals surface area (Å²) in [7, 11) is 0. The van der Waals surface area contributed by atoms with E-state index in [1.165, 1.54) is 12.1 Å². The highest BCUT2D eigenvalue weighted by Gasteiger charge is 2.04. The van der Waals surface area contributed by atoms with Gasteiger partial charge < -0.3 is 10.1 Å². The fourth-order valence-corrected chi connectivity index (χ4v) is 2.07. The minimum absolute atomic E-state index is 0.0447. The molecule has 5 heteroatoms. The van der Waals surface area contributed by atoms with E-state index in [4.69, 9.17) is 0 Å². The molecule has 1 amide bonds. The zero-order valence-electron chi connectivity index (χ0n) is 11.1. The summed E-state index contributed by atoms with van der Waals surface area (Å²) >= 11 is 0. The van der Waals surface area contributed by atoms with E-state index in [9.17, 15) is 9.90 Å². The second kappa shape index (κ2) is 5.50. The number of phenolic OH excluding ortho intramolecular Hbond substituents is 1. The molecule has 3 N–H and O–H groups in total. The highest BCUT2D eigenvalue weighted by atomic mass is 16.3. The van der Waals surface area contributed by atoms with Gasteiger partial charge in [0, 0.05) is 28.2 Å². The van der Waals surface area contributed by atoms with E-state index in [0.717, 1.165) is 16.5 Å². The molecule has 0 unspecified atom stereocenters. The number of carbonyl (C=O) groups is 1. The quantitative estimate of drug-likeness (QED) is 0.509. The third kappa shape index (κ3) is 2.76. The topological polar surface area (TPSA) is 77.5 Å². The molecule has 0 spiro atoms. The van der Waals surface area contributed by atoms with Gasteiger partial charge >= 0.3 is 0 Å². The summed E-state index contributed by atoms with van der Waals surface area (Å²) in [6.07, 6.45) is 3.41. The van der Waals surface area contributed by atoms with Crippen molar-refractivity contribution in [2.24, 2.45) is 5.10 Å². The Morgan fingerprint density at radius 2 is 2.05 bits per heavy atom. The number of rotatable bonds is 3. The Hall–Kier alpha value is -3.08. The van der Waals surface area contributed by atoms with Crippen molar-refractivity contribution in [2.75, 3.05) is 0 Å². The molecule has 1 aromatic heterocycles. The maximum absolute atomic E-state index is 11.8. The number of fused-ring (bicyclic) bond motifs is 1. The Bertz CT molecular complexity index is 821. The van der Waals surface area contributed by atoms with Crippen molar-refractivity contribution in [3.8, 4) is 5.75 Å². The normalized spacial score (nSPS) is 11.0. The van der Waals surface area contributed by atoms with Crippen LogP contribution in [0.3, 0.4) is 0 Å². The van der Waals surface area contributed by atoms with Gasteiger partial charge in [-0.3, -0.25) is 4.79 Å². The van der Waals surface area contributed by atoms with Crippen molar-refractivity contribution in [1.29, 1.82) is 0 Å². The number of hydrazone groups is 1. The Morgan fingerprint density at radius 1 is 1.19 bits per heavy atom. The van der Waals surface area contributed by atoms with E-state index in [-0.39, 0.29) is 11.7 Å². The molecular formula is C16H13N3O2. The van der Waals surface area contributed by atoms with Crippen LogP contribution in [0.25, 0.3) is 10.9 Å². The van der Waals surface area contributed by atoms with Crippen molar-refractivity contribution >= 4 is 23.0 Å². The molecule has 2 aromatic carbocycles. The van der Waals surface area contributed by atoms with Crippen LogP contribution in [-0.2, 0) is 0 Å². The summed E-state index contributed by atoms with van der Waals surface area (Å²) in [5.74, 6) is -0.328. The summed E-state index contributed by atoms with van der Waals surface area (Å²) < 4.78 is 0. The maximum atomic E-state index is 11.8. The molecule has 104 valence electrons. The van der Waals surface area contributed by atoms with Crippen molar-refractivity contribution in [1.82, 2.24) is 10.4 Å². The first-order valence-electron chi connectivity index (χ1n) is 6.42. The lowest BCUT2D eigenvalue weighted by Gasteiger charge is -1.99. The molecule has 3 aromatic rings. The predicted octanol–water partition coefficient (Wildman–Crippen LogP) is 2.64. The standard InChI is InChI=1S/C16H13N3O2/c20-13-5-3-4-11(8-13)16(21)19-18-10-12-9-17-15-7-2-1-6-14(12)15/h1-10,17,20H,(H,19,21). The summed E-state index contributed by atoms with van der Waals surface area (Å²) in [4.78, 5) is 15.0. The SMILES string of the molecule is O=C(NN=Cc1c[nH]c2ccccc12)c1cccc(O)c1. The number of aromatic hydroxyl groups is 1. The van der Waals surface area contributed by atoms with Gasteiger partial charge in [-0.25, -0.2) is 5.43 Å². The second-order valence-corrected chi connectivity index (χ2v) is 4.54. The summed E-state index contributed by atoms with van der Waals surface area (Å²) in [5, 5.41) is 14.3. The molecule has 0 radical (unpaired) electrons. The number of carbonyl (C=O) groups excluding carboxylic acids is 1. The van der Waals surface area contributed by atoms with Crippen LogP contribution in [0.1, 0.15) is 15.9 Å². The fraction of sp³-hybridized carbons (Fsp3) is 0. The summed E-state index contributed by atoms with van der Waals surface area (Å²) in [6, 6.07) is 13.9. The minimum Gasteiger partial charge on any atom is -0.508 e. The van der Waals surface area contributed by atoms with Crippen molar-refractivity contribution in [2.45, 2.75) is 0 Å². The van der Waals surface area contributed by atoms with Gasteiger partial charge in [-0.15, -0.1) is 0 Å². The first kappa shape index (κ1) is 12.9. The molecule has 0 fully saturated rings. The van der Waals surface area contributed by atoms with E-state index >= 15 is 0 Å². The van der Waals surface area contributed by atoms with Gasteiger partial charge in [0.15, 0.2) is 0 Å². The Balaban J connectivity index is 1.74. The van der Waals surface area contributed by atoms with E-state index < -0.39 is 0 Å². The number of phenols is 1. The average Bonchev–Trinajstić information content (AvgIpc) is 2.91. The van der Waals surface area contributed by atoms with Gasteiger partial charge in [0.05, 0.1) is 6.21 Å². The molecule has 0 atom stereocenters. The first-order valence-corrected chi connectivity index (χ1v) is 6.42. The monoisotopic (exact) mass is 279 g/mol. The van der Waals surface area contributed by atoms with Crippen LogP contribution in [-0.4, -0.2) is 22.2 Å². The van der Waals surface area contributed by atoms with E-state index in [0.29, 0.717) is 5.56 Å². The van der Waals surface area contributed by atoms with Crippen molar-refractivity contribution in [3.05, 3.63) is 65.9 Å². The number of aromatic nitrogens is 1. The summed E-state index contributed by atoms with van der Waals surface area (Å²) in [6.45, 7) is 0. The lowest BCUT2D eigenvalue weighted by Crippen LogP contribution is -2.17. The van der Waals surface area contributed by atoms with E-state index in [1.807, 2.05) is 30.5 Å². The zero-order valence-corrected chi connectivity index (χ0v) is 11.1. The number of nitrogens with zero attached hydrogens (tertiary/aromatic N) is 1. The Labute approximate surface area is 120 Å². The molecule has 5 nitrogen and oxygen atoms in total. The van der Waals surface area contributed by atoms with Crippen LogP contribution in [0.5, 0.6) is 5.75 Å². The number of H-pyrrole nitrogens is 1. The molecule has 0 aliphatic rings. The fourth-order valence-electron chi connectivity index (χ4n) is 2.07. The maximum Gasteiger partial charge on any atom is 0.271 e. The van der Waals surface area contributed by atoms with Crippen LogP contribution in [0.15, 0.2) is 59.8 Å². The van der Waals surface area contributed by atoms with Crippen LogP contribution < -0.4 is 5.43 Å². The van der Waals surface area contributed by atoms with E-state index in [1.54, 1.807) is 18.3 Å². The second-order valence-electron chi connectivity index (χ2n) is 4.54. The smallest absolute Gasteiger partial charge is 0.271 e. The van der Waals surface area contributed by atoms with Crippen LogP contribution >= 0.6 is 0 Å². The highest BCUT2D eigenvalue weighted by molar-refractivity contribution is 6.00. The van der Waals surface area contributed by atoms with Gasteiger partial charge in [0.2, 0.25) is 0 Å². The molecule has 0 saturated carbocycles. The van der Waals surface area contributed by atoms with Gasteiger partial charge in [0.1, 0.15) is 5.75 Å². The molecule has 0 saturated heterocycles. The van der Waals surface area contributed by atoms with Crippen LogP contribution in [0, 0.1) is 0 Å². The molecular weight excluding hydrogens is 266 g/mol. The third-order valence-electron chi connectivity index (χ3n) is 3.10. The van der Waals surface area contributed by atoms with E-state index in [2.05, 4.69) is 15.5 Å². The van der Waals surface area contributed by atoms with Gasteiger partial charge in [-0.1, -0.05) is 24.3 Å². The molecule has 3 rings (SSSR count). The molecule has 0 aliphatic heterocycles. The van der Waals surface area contributed by atoms with Crippen LogP contribution in [0.4, 0.5) is 0 Å². The van der Waals surface area contributed by atoms with Gasteiger partial charge in [0.25, 0.3) is 5.91 Å².